The molecule has 0 fully saturated rings. The van der Waals surface area contributed by atoms with Crippen molar-refractivity contribution in [3.63, 3.8) is 0 Å². The quantitative estimate of drug-likeness (QED) is 0.759. The van der Waals surface area contributed by atoms with Crippen molar-refractivity contribution in [3.8, 4) is 0 Å². The van der Waals surface area contributed by atoms with E-state index in [1.807, 2.05) is 30.3 Å². The fraction of sp³-hybridized carbons (Fsp3) is 0.333. The predicted molar refractivity (Wildman–Crippen MR) is 75.1 cm³/mol. The van der Waals surface area contributed by atoms with Crippen LogP contribution < -0.4 is 5.73 Å². The summed E-state index contributed by atoms with van der Waals surface area (Å²) < 4.78 is 1.70. The van der Waals surface area contributed by atoms with Crippen LogP contribution in [0.3, 0.4) is 0 Å². The van der Waals surface area contributed by atoms with Crippen LogP contribution >= 0.6 is 11.8 Å². The molecule has 1 heterocycles. The van der Waals surface area contributed by atoms with Crippen LogP contribution in [0.1, 0.15) is 11.4 Å². The van der Waals surface area contributed by atoms with Gasteiger partial charge in [-0.2, -0.15) is 11.8 Å². The number of carboxylic acids is 1. The number of aromatic nitrogens is 4. The Hall–Kier alpha value is -1.93. The van der Waals surface area contributed by atoms with Crippen LogP contribution in [-0.4, -0.2) is 43.1 Å². The van der Waals surface area contributed by atoms with E-state index >= 15 is 0 Å². The largest absolute Gasteiger partial charge is 0.480 e. The van der Waals surface area contributed by atoms with E-state index in [1.165, 1.54) is 11.8 Å². The number of carbonyl (C=O) groups is 1. The van der Waals surface area contributed by atoms with Gasteiger partial charge in [0.1, 0.15) is 6.04 Å². The first-order chi connectivity index (χ1) is 9.66. The zero-order valence-electron chi connectivity index (χ0n) is 10.7. The monoisotopic (exact) mass is 293 g/mol. The molecule has 0 spiro atoms. The van der Waals surface area contributed by atoms with Crippen molar-refractivity contribution >= 4 is 17.7 Å². The lowest BCUT2D eigenvalue weighted by Crippen LogP contribution is -2.32. The van der Waals surface area contributed by atoms with Crippen LogP contribution in [0.15, 0.2) is 30.3 Å². The third-order valence-electron chi connectivity index (χ3n) is 2.63. The molecule has 3 N–H and O–H groups in total. The average molecular weight is 293 g/mol. The molecule has 1 aromatic carbocycles. The Bertz CT molecular complexity index is 560. The molecule has 1 aromatic heterocycles. The minimum absolute atomic E-state index is 0.327. The first-order valence-corrected chi connectivity index (χ1v) is 7.17. The van der Waals surface area contributed by atoms with Gasteiger partial charge in [-0.1, -0.05) is 30.3 Å². The Morgan fingerprint density at radius 1 is 1.40 bits per heavy atom. The van der Waals surface area contributed by atoms with Gasteiger partial charge in [0, 0.05) is 5.75 Å². The molecule has 106 valence electrons. The van der Waals surface area contributed by atoms with Crippen molar-refractivity contribution in [1.82, 2.24) is 20.2 Å². The van der Waals surface area contributed by atoms with Gasteiger partial charge in [-0.3, -0.25) is 4.79 Å². The molecule has 0 saturated heterocycles. The van der Waals surface area contributed by atoms with Gasteiger partial charge >= 0.3 is 5.97 Å². The molecule has 0 radical (unpaired) electrons. The summed E-state index contributed by atoms with van der Waals surface area (Å²) in [4.78, 5) is 10.6. The molecule has 0 aliphatic rings. The van der Waals surface area contributed by atoms with Crippen LogP contribution in [0.2, 0.25) is 0 Å². The van der Waals surface area contributed by atoms with E-state index in [9.17, 15) is 4.79 Å². The molecule has 0 amide bonds. The first-order valence-electron chi connectivity index (χ1n) is 6.02. The molecular formula is C12H15N5O2S. The number of carboxylic acid groups (broad SMARTS) is 1. The standard InChI is InChI=1S/C12H15N5O2S/c13-10(12(18)19)7-20-8-11-14-15-16-17(11)6-9-4-2-1-3-5-9/h1-5,10H,6-8,13H2,(H,18,19). The maximum absolute atomic E-state index is 10.6. The summed E-state index contributed by atoms with van der Waals surface area (Å²) in [5, 5.41) is 20.2. The Morgan fingerprint density at radius 3 is 2.85 bits per heavy atom. The minimum Gasteiger partial charge on any atom is -0.480 e. The second kappa shape index (κ2) is 7.01. The predicted octanol–water partition coefficient (Wildman–Crippen LogP) is 0.366. The highest BCUT2D eigenvalue weighted by atomic mass is 32.2. The van der Waals surface area contributed by atoms with Gasteiger partial charge in [-0.15, -0.1) is 5.10 Å². The lowest BCUT2D eigenvalue weighted by molar-refractivity contribution is -0.137. The summed E-state index contributed by atoms with van der Waals surface area (Å²) in [5.74, 6) is 0.562. The van der Waals surface area contributed by atoms with Crippen molar-refractivity contribution in [2.45, 2.75) is 18.3 Å². The third-order valence-corrected chi connectivity index (χ3v) is 3.68. The second-order valence-corrected chi connectivity index (χ2v) is 5.23. The molecule has 2 rings (SSSR count). The minimum atomic E-state index is -0.999. The average Bonchev–Trinajstić information content (AvgIpc) is 2.87. The van der Waals surface area contributed by atoms with Crippen molar-refractivity contribution < 1.29 is 9.90 Å². The van der Waals surface area contributed by atoms with Crippen molar-refractivity contribution in [2.24, 2.45) is 5.73 Å². The Morgan fingerprint density at radius 2 is 2.15 bits per heavy atom. The highest BCUT2D eigenvalue weighted by Gasteiger charge is 2.13. The van der Waals surface area contributed by atoms with Gasteiger partial charge in [0.15, 0.2) is 5.82 Å². The molecule has 7 nitrogen and oxygen atoms in total. The van der Waals surface area contributed by atoms with Crippen LogP contribution in [0.25, 0.3) is 0 Å². The van der Waals surface area contributed by atoms with E-state index in [4.69, 9.17) is 10.8 Å². The van der Waals surface area contributed by atoms with Crippen LogP contribution in [0.4, 0.5) is 0 Å². The summed E-state index contributed by atoms with van der Waals surface area (Å²) in [7, 11) is 0. The summed E-state index contributed by atoms with van der Waals surface area (Å²) in [6.45, 7) is 0.592. The summed E-state index contributed by atoms with van der Waals surface area (Å²) in [6, 6.07) is 9.00. The smallest absolute Gasteiger partial charge is 0.321 e. The normalized spacial score (nSPS) is 12.2. The van der Waals surface area contributed by atoms with Gasteiger partial charge in [0.2, 0.25) is 0 Å². The molecule has 2 aromatic rings. The fourth-order valence-electron chi connectivity index (χ4n) is 1.55. The third kappa shape index (κ3) is 4.04. The summed E-state index contributed by atoms with van der Waals surface area (Å²) >= 11 is 1.40. The molecule has 0 saturated carbocycles. The maximum atomic E-state index is 10.6. The van der Waals surface area contributed by atoms with E-state index in [-0.39, 0.29) is 0 Å². The van der Waals surface area contributed by atoms with Crippen LogP contribution in [0.5, 0.6) is 0 Å². The number of hydrogen-bond donors (Lipinski definition) is 2. The van der Waals surface area contributed by atoms with E-state index in [0.29, 0.717) is 23.9 Å². The fourth-order valence-corrected chi connectivity index (χ4v) is 2.46. The number of nitrogens with two attached hydrogens (primary N) is 1. The van der Waals surface area contributed by atoms with Crippen molar-refractivity contribution in [1.29, 1.82) is 0 Å². The Kier molecular flexibility index (Phi) is 5.08. The molecule has 1 atom stereocenters. The van der Waals surface area contributed by atoms with Gasteiger partial charge in [-0.25, -0.2) is 4.68 Å². The summed E-state index contributed by atoms with van der Waals surface area (Å²) in [5.41, 5.74) is 6.54. The van der Waals surface area contributed by atoms with Crippen LogP contribution in [-0.2, 0) is 17.1 Å². The van der Waals surface area contributed by atoms with E-state index in [1.54, 1.807) is 4.68 Å². The second-order valence-electron chi connectivity index (χ2n) is 4.20. The maximum Gasteiger partial charge on any atom is 0.321 e. The molecule has 8 heteroatoms. The zero-order valence-corrected chi connectivity index (χ0v) is 11.5. The molecular weight excluding hydrogens is 278 g/mol. The molecule has 20 heavy (non-hydrogen) atoms. The van der Waals surface area contributed by atoms with Crippen molar-refractivity contribution in [3.05, 3.63) is 41.7 Å². The zero-order chi connectivity index (χ0) is 14.4. The highest BCUT2D eigenvalue weighted by Crippen LogP contribution is 2.11. The topological polar surface area (TPSA) is 107 Å². The first kappa shape index (κ1) is 14.5. The number of nitrogens with zero attached hydrogens (tertiary/aromatic N) is 4. The highest BCUT2D eigenvalue weighted by molar-refractivity contribution is 7.98. The molecule has 0 aliphatic carbocycles. The van der Waals surface area contributed by atoms with Crippen molar-refractivity contribution in [2.75, 3.05) is 5.75 Å². The van der Waals surface area contributed by atoms with E-state index in [0.717, 1.165) is 5.56 Å². The van der Waals surface area contributed by atoms with Gasteiger partial charge in [0.25, 0.3) is 0 Å². The number of thioether (sulfide) groups is 1. The molecule has 0 aliphatic heterocycles. The number of benzene rings is 1. The molecule has 0 bridgehead atoms. The summed E-state index contributed by atoms with van der Waals surface area (Å²) in [6.07, 6.45) is 0. The van der Waals surface area contributed by atoms with Gasteiger partial charge in [0.05, 0.1) is 12.3 Å². The van der Waals surface area contributed by atoms with Gasteiger partial charge < -0.3 is 10.8 Å². The number of tetrazole rings is 1. The SMILES string of the molecule is NC(CSCc1nnnn1Cc1ccccc1)C(=O)O. The lowest BCUT2D eigenvalue weighted by atomic mass is 10.2. The number of rotatable bonds is 7. The van der Waals surface area contributed by atoms with Crippen LogP contribution in [0, 0.1) is 0 Å². The number of aliphatic carboxylic acids is 1. The Labute approximate surface area is 120 Å². The van der Waals surface area contributed by atoms with E-state index < -0.39 is 12.0 Å². The molecule has 1 unspecified atom stereocenters. The van der Waals surface area contributed by atoms with Gasteiger partial charge in [-0.05, 0) is 16.0 Å². The van der Waals surface area contributed by atoms with E-state index in [2.05, 4.69) is 15.5 Å². The Balaban J connectivity index is 1.90. The number of hydrogen-bond acceptors (Lipinski definition) is 6. The lowest BCUT2D eigenvalue weighted by Gasteiger charge is -2.06.